The topological polar surface area (TPSA) is 74.6 Å². The first-order valence-electron chi connectivity index (χ1n) is 8.96. The number of hydrogen-bond acceptors (Lipinski definition) is 4. The SMILES string of the molecule is CC(C)=C[C@@H]1C[C@H](C)[C@H]2CC[C@H](C)[C@@]3(O)C(=O)C(O)=C(C)C(=O)[C@]123. The van der Waals surface area contributed by atoms with E-state index in [9.17, 15) is 19.8 Å². The lowest BCUT2D eigenvalue weighted by atomic mass is 9.46. The molecule has 2 N–H and O–H groups in total. The largest absolute Gasteiger partial charge is 0.504 e. The number of ketones is 2. The summed E-state index contributed by atoms with van der Waals surface area (Å²) < 4.78 is 0. The molecule has 0 radical (unpaired) electrons. The maximum atomic E-state index is 13.4. The van der Waals surface area contributed by atoms with Crippen LogP contribution in [0.4, 0.5) is 0 Å². The van der Waals surface area contributed by atoms with E-state index in [1.54, 1.807) is 0 Å². The van der Waals surface area contributed by atoms with E-state index >= 15 is 0 Å². The summed E-state index contributed by atoms with van der Waals surface area (Å²) >= 11 is 0. The monoisotopic (exact) mass is 332 g/mol. The highest BCUT2D eigenvalue weighted by atomic mass is 16.3. The molecule has 0 aliphatic heterocycles. The lowest BCUT2D eigenvalue weighted by Crippen LogP contribution is -2.70. The van der Waals surface area contributed by atoms with Gasteiger partial charge in [0.25, 0.3) is 0 Å². The zero-order valence-corrected chi connectivity index (χ0v) is 15.2. The summed E-state index contributed by atoms with van der Waals surface area (Å²) in [5.74, 6) is -1.72. The van der Waals surface area contributed by atoms with Gasteiger partial charge in [0, 0.05) is 5.57 Å². The molecular weight excluding hydrogens is 304 g/mol. The Morgan fingerprint density at radius 2 is 1.79 bits per heavy atom. The van der Waals surface area contributed by atoms with E-state index in [1.807, 2.05) is 20.8 Å². The standard InChI is InChI=1S/C20H28O4/c1-10(2)8-14-9-11(3)15-7-6-12(4)20(24)18(23)16(21)13(5)17(22)19(14,15)20/h8,11-12,14-15,21,24H,6-7,9H2,1-5H3/t11-,12-,14+,15+,19-,20+/m0/s1. The minimum atomic E-state index is -1.81. The number of rotatable bonds is 1. The predicted molar refractivity (Wildman–Crippen MR) is 91.3 cm³/mol. The third-order valence-corrected chi connectivity index (χ3v) is 6.90. The highest BCUT2D eigenvalue weighted by molar-refractivity contribution is 6.18. The number of allylic oxidation sites excluding steroid dienone is 3. The van der Waals surface area contributed by atoms with Crippen LogP contribution in [0.2, 0.25) is 0 Å². The fraction of sp³-hybridized carbons (Fsp3) is 0.700. The van der Waals surface area contributed by atoms with Crippen LogP contribution in [0.5, 0.6) is 0 Å². The molecule has 4 nitrogen and oxygen atoms in total. The molecule has 6 atom stereocenters. The first-order chi connectivity index (χ1) is 11.1. The van der Waals surface area contributed by atoms with Gasteiger partial charge >= 0.3 is 0 Å². The molecule has 3 aliphatic carbocycles. The highest BCUT2D eigenvalue weighted by Gasteiger charge is 2.75. The maximum absolute atomic E-state index is 13.4. The van der Waals surface area contributed by atoms with Crippen molar-refractivity contribution in [1.29, 1.82) is 0 Å². The predicted octanol–water partition coefficient (Wildman–Crippen LogP) is 3.36. The first kappa shape index (κ1) is 17.4. The summed E-state index contributed by atoms with van der Waals surface area (Å²) in [6.45, 7) is 9.43. The molecule has 0 aromatic heterocycles. The molecule has 0 aromatic rings. The van der Waals surface area contributed by atoms with E-state index in [0.29, 0.717) is 6.42 Å². The molecule has 3 rings (SSSR count). The molecule has 0 heterocycles. The lowest BCUT2D eigenvalue weighted by Gasteiger charge is -2.57. The summed E-state index contributed by atoms with van der Waals surface area (Å²) in [5.41, 5.74) is -1.74. The summed E-state index contributed by atoms with van der Waals surface area (Å²) in [7, 11) is 0. The van der Waals surface area contributed by atoms with Gasteiger partial charge in [-0.05, 0) is 63.7 Å². The number of hydrogen-bond donors (Lipinski definition) is 2. The number of carbonyl (C=O) groups excluding carboxylic acids is 2. The van der Waals surface area contributed by atoms with Crippen LogP contribution in [0.15, 0.2) is 23.0 Å². The molecule has 0 bridgehead atoms. The van der Waals surface area contributed by atoms with Gasteiger partial charge in [0.15, 0.2) is 11.5 Å². The van der Waals surface area contributed by atoms with E-state index in [4.69, 9.17) is 0 Å². The van der Waals surface area contributed by atoms with Crippen molar-refractivity contribution >= 4 is 11.6 Å². The second kappa shape index (κ2) is 5.29. The molecule has 24 heavy (non-hydrogen) atoms. The van der Waals surface area contributed by atoms with Gasteiger partial charge in [-0.3, -0.25) is 9.59 Å². The van der Waals surface area contributed by atoms with Crippen LogP contribution >= 0.6 is 0 Å². The van der Waals surface area contributed by atoms with Gasteiger partial charge in [0.2, 0.25) is 5.78 Å². The average molecular weight is 332 g/mol. The van der Waals surface area contributed by atoms with Gasteiger partial charge in [-0.25, -0.2) is 0 Å². The van der Waals surface area contributed by atoms with Gasteiger partial charge in [0.1, 0.15) is 5.60 Å². The lowest BCUT2D eigenvalue weighted by molar-refractivity contribution is -0.196. The van der Waals surface area contributed by atoms with Crippen molar-refractivity contribution in [3.63, 3.8) is 0 Å². The third kappa shape index (κ3) is 1.78. The van der Waals surface area contributed by atoms with Gasteiger partial charge in [-0.1, -0.05) is 25.5 Å². The average Bonchev–Trinajstić information content (AvgIpc) is 2.79. The van der Waals surface area contributed by atoms with Crippen LogP contribution in [0, 0.1) is 29.1 Å². The molecule has 0 amide bonds. The molecule has 2 saturated carbocycles. The molecule has 0 aromatic carbocycles. The normalized spacial score (nSPS) is 45.1. The maximum Gasteiger partial charge on any atom is 0.230 e. The summed E-state index contributed by atoms with van der Waals surface area (Å²) in [5, 5.41) is 21.9. The number of aliphatic hydroxyl groups excluding tert-OH is 1. The molecular formula is C20H28O4. The smallest absolute Gasteiger partial charge is 0.230 e. The Morgan fingerprint density at radius 1 is 1.17 bits per heavy atom. The minimum Gasteiger partial charge on any atom is -0.504 e. The van der Waals surface area contributed by atoms with E-state index in [-0.39, 0.29) is 35.0 Å². The van der Waals surface area contributed by atoms with Crippen molar-refractivity contribution in [2.24, 2.45) is 29.1 Å². The van der Waals surface area contributed by atoms with E-state index in [2.05, 4.69) is 13.0 Å². The van der Waals surface area contributed by atoms with Crippen LogP contribution < -0.4 is 0 Å². The zero-order chi connectivity index (χ0) is 18.0. The second-order valence-electron chi connectivity index (χ2n) is 8.42. The van der Waals surface area contributed by atoms with Crippen molar-refractivity contribution in [2.75, 3.05) is 0 Å². The fourth-order valence-electron chi connectivity index (χ4n) is 5.89. The molecule has 2 fully saturated rings. The highest BCUT2D eigenvalue weighted by Crippen LogP contribution is 2.67. The van der Waals surface area contributed by atoms with E-state index < -0.39 is 22.6 Å². The quantitative estimate of drug-likeness (QED) is 0.722. The Kier molecular flexibility index (Phi) is 3.83. The van der Waals surface area contributed by atoms with Gasteiger partial charge in [0.05, 0.1) is 5.41 Å². The molecule has 4 heteroatoms. The Morgan fingerprint density at radius 3 is 2.38 bits per heavy atom. The Hall–Kier alpha value is -1.42. The molecule has 132 valence electrons. The summed E-state index contributed by atoms with van der Waals surface area (Å²) in [4.78, 5) is 26.4. The minimum absolute atomic E-state index is 0.0289. The Bertz CT molecular complexity index is 669. The van der Waals surface area contributed by atoms with E-state index in [0.717, 1.165) is 18.4 Å². The summed E-state index contributed by atoms with van der Waals surface area (Å²) in [6, 6.07) is 0. The molecule has 0 saturated heterocycles. The van der Waals surface area contributed by atoms with Gasteiger partial charge in [-0.2, -0.15) is 0 Å². The van der Waals surface area contributed by atoms with Crippen molar-refractivity contribution in [3.05, 3.63) is 23.0 Å². The Balaban J connectivity index is 2.36. The second-order valence-corrected chi connectivity index (χ2v) is 8.42. The summed E-state index contributed by atoms with van der Waals surface area (Å²) in [6.07, 6.45) is 4.38. The van der Waals surface area contributed by atoms with Crippen molar-refractivity contribution < 1.29 is 19.8 Å². The Labute approximate surface area is 143 Å². The van der Waals surface area contributed by atoms with Crippen LogP contribution in [0.3, 0.4) is 0 Å². The van der Waals surface area contributed by atoms with Crippen LogP contribution in [-0.2, 0) is 9.59 Å². The zero-order valence-electron chi connectivity index (χ0n) is 15.2. The fourth-order valence-corrected chi connectivity index (χ4v) is 5.89. The number of Topliss-reactive ketones (excluding diaryl/α,β-unsaturated/α-hetero) is 2. The van der Waals surface area contributed by atoms with Crippen molar-refractivity contribution in [3.8, 4) is 0 Å². The number of carbonyl (C=O) groups is 2. The number of aliphatic hydroxyl groups is 2. The van der Waals surface area contributed by atoms with Crippen LogP contribution in [-0.4, -0.2) is 27.4 Å². The molecule has 0 unspecified atom stereocenters. The molecule has 1 spiro atoms. The van der Waals surface area contributed by atoms with Crippen LogP contribution in [0.1, 0.15) is 53.9 Å². The van der Waals surface area contributed by atoms with Gasteiger partial charge < -0.3 is 10.2 Å². The molecule has 3 aliphatic rings. The van der Waals surface area contributed by atoms with Gasteiger partial charge in [-0.15, -0.1) is 0 Å². The van der Waals surface area contributed by atoms with E-state index in [1.165, 1.54) is 6.92 Å². The first-order valence-corrected chi connectivity index (χ1v) is 8.96. The third-order valence-electron chi connectivity index (χ3n) is 6.90. The van der Waals surface area contributed by atoms with Crippen molar-refractivity contribution in [1.82, 2.24) is 0 Å². The van der Waals surface area contributed by atoms with Crippen LogP contribution in [0.25, 0.3) is 0 Å². The van der Waals surface area contributed by atoms with Crippen molar-refractivity contribution in [2.45, 2.75) is 59.5 Å².